The average Bonchev–Trinajstić information content (AvgIpc) is 2.77. The summed E-state index contributed by atoms with van der Waals surface area (Å²) >= 11 is 0. The van der Waals surface area contributed by atoms with Crippen LogP contribution in [0.3, 0.4) is 0 Å². The summed E-state index contributed by atoms with van der Waals surface area (Å²) in [7, 11) is -3.83. The molecule has 37 heavy (non-hydrogen) atoms. The Morgan fingerprint density at radius 3 is 1.38 bits per heavy atom. The first kappa shape index (κ1) is 30.4. The number of hydrogen-bond acceptors (Lipinski definition) is 6. The van der Waals surface area contributed by atoms with E-state index >= 15 is 0 Å². The molecule has 0 spiro atoms. The monoisotopic (exact) mass is 532 g/mol. The molecule has 2 unspecified atom stereocenters. The lowest BCUT2D eigenvalue weighted by atomic mass is 10.1. The van der Waals surface area contributed by atoms with Crippen molar-refractivity contribution in [3.8, 4) is 0 Å². The SMILES string of the molecule is CCOP(=O)(C(Cc1ccccc1)NC(=O)OC(C)(C)C)C(Cc1ccccc1)NC(=O)OC(C)(C)C. The summed E-state index contributed by atoms with van der Waals surface area (Å²) in [6, 6.07) is 18.8. The minimum Gasteiger partial charge on any atom is -0.444 e. The molecule has 2 aromatic rings. The van der Waals surface area contributed by atoms with E-state index < -0.39 is 42.3 Å². The van der Waals surface area contributed by atoms with E-state index in [1.54, 1.807) is 48.5 Å². The van der Waals surface area contributed by atoms with Crippen LogP contribution in [0.25, 0.3) is 0 Å². The van der Waals surface area contributed by atoms with Crippen molar-refractivity contribution in [3.63, 3.8) is 0 Å². The van der Waals surface area contributed by atoms with Crippen molar-refractivity contribution in [2.75, 3.05) is 6.61 Å². The number of amides is 2. The molecule has 0 radical (unpaired) electrons. The molecule has 0 aromatic heterocycles. The van der Waals surface area contributed by atoms with Crippen LogP contribution >= 0.6 is 7.37 Å². The lowest BCUT2D eigenvalue weighted by molar-refractivity contribution is 0.0515. The van der Waals surface area contributed by atoms with E-state index in [1.165, 1.54) is 0 Å². The Morgan fingerprint density at radius 2 is 1.08 bits per heavy atom. The fraction of sp³-hybridized carbons (Fsp3) is 0.500. The maximum Gasteiger partial charge on any atom is 0.408 e. The number of benzene rings is 2. The van der Waals surface area contributed by atoms with Gasteiger partial charge in [-0.3, -0.25) is 4.57 Å². The van der Waals surface area contributed by atoms with Gasteiger partial charge in [0.1, 0.15) is 22.8 Å². The quantitative estimate of drug-likeness (QED) is 0.339. The van der Waals surface area contributed by atoms with E-state index in [2.05, 4.69) is 10.6 Å². The highest BCUT2D eigenvalue weighted by Crippen LogP contribution is 2.56. The highest BCUT2D eigenvalue weighted by atomic mass is 31.2. The van der Waals surface area contributed by atoms with Crippen LogP contribution < -0.4 is 10.6 Å². The van der Waals surface area contributed by atoms with Gasteiger partial charge >= 0.3 is 12.2 Å². The number of carbonyl (C=O) groups excluding carboxylic acids is 2. The Morgan fingerprint density at radius 1 is 0.730 bits per heavy atom. The lowest BCUT2D eigenvalue weighted by Gasteiger charge is -2.35. The van der Waals surface area contributed by atoms with Crippen molar-refractivity contribution in [2.45, 2.75) is 84.1 Å². The van der Waals surface area contributed by atoms with E-state index in [1.807, 2.05) is 60.7 Å². The molecule has 2 aromatic carbocycles. The molecule has 2 atom stereocenters. The molecule has 0 heterocycles. The van der Waals surface area contributed by atoms with Gasteiger partial charge < -0.3 is 24.6 Å². The van der Waals surface area contributed by atoms with Crippen LogP contribution in [0.5, 0.6) is 0 Å². The second kappa shape index (κ2) is 13.1. The normalized spacial score (nSPS) is 15.1. The molecule has 2 amide bonds. The Balaban J connectivity index is 2.53. The second-order valence-electron chi connectivity index (χ2n) is 10.8. The van der Waals surface area contributed by atoms with E-state index in [4.69, 9.17) is 14.0 Å². The fourth-order valence-electron chi connectivity index (χ4n) is 3.70. The number of hydrogen-bond donors (Lipinski definition) is 2. The predicted octanol–water partition coefficient (Wildman–Crippen LogP) is 6.49. The predicted molar refractivity (Wildman–Crippen MR) is 146 cm³/mol. The smallest absolute Gasteiger partial charge is 0.408 e. The molecule has 2 N–H and O–H groups in total. The highest BCUT2D eigenvalue weighted by molar-refractivity contribution is 7.60. The van der Waals surface area contributed by atoms with Crippen molar-refractivity contribution >= 4 is 19.6 Å². The summed E-state index contributed by atoms with van der Waals surface area (Å²) in [5, 5.41) is 5.59. The van der Waals surface area contributed by atoms with Gasteiger partial charge in [-0.2, -0.15) is 0 Å². The van der Waals surface area contributed by atoms with Crippen LogP contribution in [0.2, 0.25) is 0 Å². The minimum atomic E-state index is -3.83. The number of nitrogens with one attached hydrogen (secondary N) is 2. The zero-order chi connectivity index (χ0) is 27.7. The average molecular weight is 533 g/mol. The summed E-state index contributed by atoms with van der Waals surface area (Å²) in [5.74, 6) is -1.96. The molecule has 0 aliphatic heterocycles. The summed E-state index contributed by atoms with van der Waals surface area (Å²) in [4.78, 5) is 25.8. The van der Waals surface area contributed by atoms with Gasteiger partial charge in [-0.05, 0) is 59.6 Å². The van der Waals surface area contributed by atoms with Crippen molar-refractivity contribution in [2.24, 2.45) is 0 Å². The molecule has 0 fully saturated rings. The Hall–Kier alpha value is -2.83. The minimum absolute atomic E-state index is 0.111. The second-order valence-corrected chi connectivity index (χ2v) is 13.6. The van der Waals surface area contributed by atoms with E-state index in [0.717, 1.165) is 11.1 Å². The molecule has 0 saturated carbocycles. The maximum absolute atomic E-state index is 14.9. The molecule has 0 aliphatic carbocycles. The maximum atomic E-state index is 14.9. The zero-order valence-corrected chi connectivity index (χ0v) is 23.8. The number of rotatable bonds is 10. The van der Waals surface area contributed by atoms with Gasteiger partial charge in [-0.25, -0.2) is 9.59 Å². The van der Waals surface area contributed by atoms with Crippen molar-refractivity contribution in [3.05, 3.63) is 71.8 Å². The first-order chi connectivity index (χ1) is 17.2. The van der Waals surface area contributed by atoms with Gasteiger partial charge in [0.25, 0.3) is 0 Å². The lowest BCUT2D eigenvalue weighted by Crippen LogP contribution is -2.47. The van der Waals surface area contributed by atoms with Gasteiger partial charge in [0, 0.05) is 12.8 Å². The summed E-state index contributed by atoms with van der Waals surface area (Å²) in [5.41, 5.74) is 0.183. The molecule has 2 rings (SSSR count). The summed E-state index contributed by atoms with van der Waals surface area (Å²) < 4.78 is 31.8. The Labute approximate surface area is 220 Å². The molecular formula is C28H41N2O6P. The van der Waals surface area contributed by atoms with E-state index in [-0.39, 0.29) is 19.4 Å². The third-order valence-corrected chi connectivity index (χ3v) is 8.13. The zero-order valence-electron chi connectivity index (χ0n) is 22.9. The topological polar surface area (TPSA) is 103 Å². The van der Waals surface area contributed by atoms with Gasteiger partial charge in [0.2, 0.25) is 7.37 Å². The van der Waals surface area contributed by atoms with Gasteiger partial charge in [0.05, 0.1) is 6.61 Å². The summed E-state index contributed by atoms with van der Waals surface area (Å²) in [6.07, 6.45) is -1.02. The third-order valence-electron chi connectivity index (χ3n) is 5.11. The summed E-state index contributed by atoms with van der Waals surface area (Å²) in [6.45, 7) is 12.4. The Bertz CT molecular complexity index is 968. The van der Waals surface area contributed by atoms with Crippen LogP contribution in [0.1, 0.15) is 59.6 Å². The van der Waals surface area contributed by atoms with Crippen LogP contribution in [0.4, 0.5) is 9.59 Å². The highest BCUT2D eigenvalue weighted by Gasteiger charge is 2.45. The first-order valence-corrected chi connectivity index (χ1v) is 14.3. The van der Waals surface area contributed by atoms with Crippen molar-refractivity contribution < 1.29 is 28.2 Å². The van der Waals surface area contributed by atoms with Crippen LogP contribution in [-0.2, 0) is 31.4 Å². The van der Waals surface area contributed by atoms with Gasteiger partial charge in [-0.15, -0.1) is 0 Å². The number of ether oxygens (including phenoxy) is 2. The number of alkyl carbamates (subject to hydrolysis) is 2. The van der Waals surface area contributed by atoms with Crippen LogP contribution in [-0.4, -0.2) is 41.6 Å². The molecule has 0 bridgehead atoms. The van der Waals surface area contributed by atoms with Crippen LogP contribution in [0, 0.1) is 0 Å². The van der Waals surface area contributed by atoms with Gasteiger partial charge in [0.15, 0.2) is 0 Å². The van der Waals surface area contributed by atoms with Crippen LogP contribution in [0.15, 0.2) is 60.7 Å². The third kappa shape index (κ3) is 10.6. The molecule has 8 nitrogen and oxygen atoms in total. The van der Waals surface area contributed by atoms with Crippen molar-refractivity contribution in [1.82, 2.24) is 10.6 Å². The molecule has 9 heteroatoms. The van der Waals surface area contributed by atoms with Gasteiger partial charge in [-0.1, -0.05) is 60.7 Å². The van der Waals surface area contributed by atoms with E-state index in [9.17, 15) is 14.2 Å². The molecule has 204 valence electrons. The number of carbonyl (C=O) groups is 2. The largest absolute Gasteiger partial charge is 0.444 e. The molecule has 0 saturated heterocycles. The molecule has 0 aliphatic rings. The standard InChI is InChI=1S/C28H41N2O6P/c1-8-34-37(33,23(19-21-15-11-9-12-16-21)29-25(31)35-27(2,3)4)24(20-22-17-13-10-14-18-22)30-26(32)36-28(5,6)7/h9-18,23-24H,8,19-20H2,1-7H3,(H,29,31)(H,30,32). The first-order valence-electron chi connectivity index (χ1n) is 12.5. The fourth-order valence-corrected chi connectivity index (χ4v) is 6.40. The molecular weight excluding hydrogens is 491 g/mol. The van der Waals surface area contributed by atoms with E-state index in [0.29, 0.717) is 0 Å². The van der Waals surface area contributed by atoms with Crippen molar-refractivity contribution in [1.29, 1.82) is 0 Å². The Kier molecular flexibility index (Phi) is 10.8.